The molecule has 1 N–H and O–H groups in total. The van der Waals surface area contributed by atoms with E-state index >= 15 is 0 Å². The number of nitrogens with one attached hydrogen (secondary N) is 1. The highest BCUT2D eigenvalue weighted by atomic mass is 32.1. The first-order valence-electron chi connectivity index (χ1n) is 8.26. The van der Waals surface area contributed by atoms with Gasteiger partial charge in [-0.3, -0.25) is 9.59 Å². The predicted octanol–water partition coefficient (Wildman–Crippen LogP) is 3.01. The number of anilines is 2. The molecule has 8 heteroatoms. The van der Waals surface area contributed by atoms with Crippen LogP contribution in [0.2, 0.25) is 0 Å². The maximum absolute atomic E-state index is 13.0. The van der Waals surface area contributed by atoms with Crippen LogP contribution in [0, 0.1) is 11.7 Å². The molecule has 0 aliphatic carbocycles. The highest BCUT2D eigenvalue weighted by molar-refractivity contribution is 7.15. The fourth-order valence-electron chi connectivity index (χ4n) is 2.69. The zero-order valence-corrected chi connectivity index (χ0v) is 14.7. The molecule has 2 amide bonds. The lowest BCUT2D eigenvalue weighted by molar-refractivity contribution is -0.122. The van der Waals surface area contributed by atoms with E-state index in [2.05, 4.69) is 22.4 Å². The van der Waals surface area contributed by atoms with Gasteiger partial charge >= 0.3 is 0 Å². The van der Waals surface area contributed by atoms with Crippen LogP contribution in [0.1, 0.15) is 31.2 Å². The van der Waals surface area contributed by atoms with Crippen LogP contribution in [-0.4, -0.2) is 28.6 Å². The van der Waals surface area contributed by atoms with Gasteiger partial charge in [0.15, 0.2) is 0 Å². The molecule has 1 fully saturated rings. The molecule has 1 unspecified atom stereocenters. The first kappa shape index (κ1) is 17.5. The van der Waals surface area contributed by atoms with Crippen molar-refractivity contribution in [3.8, 4) is 0 Å². The van der Waals surface area contributed by atoms with Gasteiger partial charge in [0.1, 0.15) is 10.8 Å². The van der Waals surface area contributed by atoms with Gasteiger partial charge in [0.05, 0.1) is 5.92 Å². The minimum absolute atomic E-state index is 0.130. The second-order valence-corrected chi connectivity index (χ2v) is 7.04. The van der Waals surface area contributed by atoms with Crippen LogP contribution < -0.4 is 10.2 Å². The molecule has 0 spiro atoms. The van der Waals surface area contributed by atoms with Gasteiger partial charge in [-0.15, -0.1) is 10.2 Å². The Morgan fingerprint density at radius 1 is 1.36 bits per heavy atom. The summed E-state index contributed by atoms with van der Waals surface area (Å²) in [6.07, 6.45) is 3.09. The molecular weight excluding hydrogens is 343 g/mol. The summed E-state index contributed by atoms with van der Waals surface area (Å²) < 4.78 is 13.0. The van der Waals surface area contributed by atoms with E-state index in [0.29, 0.717) is 10.8 Å². The average molecular weight is 362 g/mol. The van der Waals surface area contributed by atoms with Gasteiger partial charge in [-0.2, -0.15) is 0 Å². The van der Waals surface area contributed by atoms with Gasteiger partial charge in [-0.25, -0.2) is 4.39 Å². The number of carbonyl (C=O) groups is 2. The number of aryl methyl sites for hydroxylation is 1. The number of hydrogen-bond acceptors (Lipinski definition) is 5. The van der Waals surface area contributed by atoms with Crippen molar-refractivity contribution in [3.05, 3.63) is 35.1 Å². The molecule has 2 aromatic rings. The van der Waals surface area contributed by atoms with Crippen molar-refractivity contribution in [2.45, 2.75) is 32.6 Å². The van der Waals surface area contributed by atoms with Crippen LogP contribution in [0.25, 0.3) is 0 Å². The van der Waals surface area contributed by atoms with E-state index in [1.807, 2.05) is 0 Å². The summed E-state index contributed by atoms with van der Waals surface area (Å²) in [4.78, 5) is 26.1. The number of hydrogen-bond donors (Lipinski definition) is 1. The number of halogens is 1. The molecule has 1 saturated heterocycles. The number of carbonyl (C=O) groups excluding carboxylic acids is 2. The summed E-state index contributed by atoms with van der Waals surface area (Å²) in [5.74, 6) is -1.20. The SMILES string of the molecule is CCCCc1nnc(NC(=O)C2CC(=O)N(c3ccc(F)cc3)C2)s1. The largest absolute Gasteiger partial charge is 0.312 e. The third-order valence-corrected chi connectivity index (χ3v) is 4.97. The van der Waals surface area contributed by atoms with Crippen molar-refractivity contribution < 1.29 is 14.0 Å². The molecule has 0 saturated carbocycles. The monoisotopic (exact) mass is 362 g/mol. The fraction of sp³-hybridized carbons (Fsp3) is 0.412. The molecule has 0 radical (unpaired) electrons. The molecule has 1 aromatic heterocycles. The van der Waals surface area contributed by atoms with Gasteiger partial charge in [0.25, 0.3) is 0 Å². The molecular formula is C17H19FN4O2S. The Kier molecular flexibility index (Phi) is 5.37. The third kappa shape index (κ3) is 4.19. The molecule has 3 rings (SSSR count). The van der Waals surface area contributed by atoms with Gasteiger partial charge < -0.3 is 10.2 Å². The second kappa shape index (κ2) is 7.69. The lowest BCUT2D eigenvalue weighted by atomic mass is 10.1. The Morgan fingerprint density at radius 2 is 2.12 bits per heavy atom. The number of benzene rings is 1. The molecule has 132 valence electrons. The third-order valence-electron chi connectivity index (χ3n) is 4.08. The summed E-state index contributed by atoms with van der Waals surface area (Å²) in [5, 5.41) is 12.2. The van der Waals surface area contributed by atoms with E-state index in [1.54, 1.807) is 0 Å². The lowest BCUT2D eigenvalue weighted by Gasteiger charge is -2.16. The van der Waals surface area contributed by atoms with E-state index in [0.717, 1.165) is 24.3 Å². The number of nitrogens with zero attached hydrogens (tertiary/aromatic N) is 3. The fourth-order valence-corrected chi connectivity index (χ4v) is 3.48. The van der Waals surface area contributed by atoms with Crippen LogP contribution >= 0.6 is 11.3 Å². The molecule has 1 aromatic carbocycles. The van der Waals surface area contributed by atoms with Crippen LogP contribution in [0.3, 0.4) is 0 Å². The van der Waals surface area contributed by atoms with Crippen LogP contribution in [0.4, 0.5) is 15.2 Å². The quantitative estimate of drug-likeness (QED) is 0.857. The Bertz CT molecular complexity index is 762. The van der Waals surface area contributed by atoms with Crippen molar-refractivity contribution in [1.82, 2.24) is 10.2 Å². The Labute approximate surface area is 149 Å². The maximum atomic E-state index is 13.0. The van der Waals surface area contributed by atoms with Gasteiger partial charge in [-0.05, 0) is 30.7 Å². The highest BCUT2D eigenvalue weighted by Crippen LogP contribution is 2.27. The molecule has 1 aliphatic heterocycles. The highest BCUT2D eigenvalue weighted by Gasteiger charge is 2.35. The number of amides is 2. The number of unbranched alkanes of at least 4 members (excludes halogenated alkanes) is 1. The molecule has 25 heavy (non-hydrogen) atoms. The standard InChI is InChI=1S/C17H19FN4O2S/c1-2-3-4-14-20-21-17(25-14)19-16(24)11-9-15(23)22(10-11)13-7-5-12(18)6-8-13/h5-8,11H,2-4,9-10H2,1H3,(H,19,21,24). The predicted molar refractivity (Wildman–Crippen MR) is 94.0 cm³/mol. The summed E-state index contributed by atoms with van der Waals surface area (Å²) in [6, 6.07) is 5.68. The maximum Gasteiger partial charge on any atom is 0.231 e. The molecule has 6 nitrogen and oxygen atoms in total. The van der Waals surface area contributed by atoms with E-state index in [9.17, 15) is 14.0 Å². The zero-order valence-electron chi connectivity index (χ0n) is 13.9. The molecule has 1 aliphatic rings. The van der Waals surface area contributed by atoms with E-state index in [4.69, 9.17) is 0 Å². The molecule has 2 heterocycles. The summed E-state index contributed by atoms with van der Waals surface area (Å²) in [5.41, 5.74) is 0.597. The van der Waals surface area contributed by atoms with Crippen molar-refractivity contribution in [1.29, 1.82) is 0 Å². The average Bonchev–Trinajstić information content (AvgIpc) is 3.20. The van der Waals surface area contributed by atoms with Crippen molar-refractivity contribution >= 4 is 34.0 Å². The van der Waals surface area contributed by atoms with E-state index in [-0.39, 0.29) is 30.6 Å². The van der Waals surface area contributed by atoms with Crippen LogP contribution in [0.5, 0.6) is 0 Å². The number of rotatable bonds is 6. The normalized spacial score (nSPS) is 17.1. The smallest absolute Gasteiger partial charge is 0.231 e. The van der Waals surface area contributed by atoms with Crippen molar-refractivity contribution in [2.24, 2.45) is 5.92 Å². The Balaban J connectivity index is 1.60. The van der Waals surface area contributed by atoms with E-state index < -0.39 is 5.92 Å². The first-order chi connectivity index (χ1) is 12.1. The number of aromatic nitrogens is 2. The van der Waals surface area contributed by atoms with Crippen LogP contribution in [0.15, 0.2) is 24.3 Å². The summed E-state index contributed by atoms with van der Waals surface area (Å²) in [7, 11) is 0. The Morgan fingerprint density at radius 3 is 2.84 bits per heavy atom. The summed E-state index contributed by atoms with van der Waals surface area (Å²) in [6.45, 7) is 2.38. The van der Waals surface area contributed by atoms with Crippen molar-refractivity contribution in [2.75, 3.05) is 16.8 Å². The van der Waals surface area contributed by atoms with Gasteiger partial charge in [-0.1, -0.05) is 24.7 Å². The van der Waals surface area contributed by atoms with Crippen LogP contribution in [-0.2, 0) is 16.0 Å². The zero-order chi connectivity index (χ0) is 17.8. The van der Waals surface area contributed by atoms with Gasteiger partial charge in [0, 0.05) is 25.1 Å². The van der Waals surface area contributed by atoms with E-state index in [1.165, 1.54) is 40.5 Å². The topological polar surface area (TPSA) is 75.2 Å². The van der Waals surface area contributed by atoms with Gasteiger partial charge in [0.2, 0.25) is 16.9 Å². The second-order valence-electron chi connectivity index (χ2n) is 5.98. The summed E-state index contributed by atoms with van der Waals surface area (Å²) >= 11 is 1.37. The lowest BCUT2D eigenvalue weighted by Crippen LogP contribution is -2.28. The minimum Gasteiger partial charge on any atom is -0.312 e. The minimum atomic E-state index is -0.458. The first-order valence-corrected chi connectivity index (χ1v) is 9.07. The molecule has 1 atom stereocenters. The Hall–Kier alpha value is -2.35. The molecule has 0 bridgehead atoms. The van der Waals surface area contributed by atoms with Crippen molar-refractivity contribution in [3.63, 3.8) is 0 Å².